The number of hydrogen-bond acceptors (Lipinski definition) is 10. The van der Waals surface area contributed by atoms with Gasteiger partial charge in [-0.2, -0.15) is 10.1 Å². The number of benzene rings is 2. The number of carbonyl (C=O) groups is 4. The SMILES string of the molecule is Cn1ncc2cnc(Nc3ccc4c(c3)CN(CC3CCN(c5ccc6c(c5)C(=O)N(C5CCC(=O)NC5=O)C6=O)CC3)CC4)nc21. The van der Waals surface area contributed by atoms with Crippen molar-refractivity contribution in [3.8, 4) is 0 Å². The van der Waals surface area contributed by atoms with Crippen molar-refractivity contribution in [3.05, 3.63) is 71.0 Å². The molecule has 0 bridgehead atoms. The summed E-state index contributed by atoms with van der Waals surface area (Å²) in [7, 11) is 1.87. The van der Waals surface area contributed by atoms with Crippen LogP contribution in [0.5, 0.6) is 0 Å². The molecular weight excluding hydrogens is 598 g/mol. The molecule has 0 radical (unpaired) electrons. The highest BCUT2D eigenvalue weighted by atomic mass is 16.2. The van der Waals surface area contributed by atoms with E-state index in [1.54, 1.807) is 29.2 Å². The monoisotopic (exact) mass is 633 g/mol. The number of aromatic nitrogens is 4. The van der Waals surface area contributed by atoms with E-state index < -0.39 is 23.8 Å². The number of fused-ring (bicyclic) bond motifs is 3. The van der Waals surface area contributed by atoms with Crippen LogP contribution < -0.4 is 15.5 Å². The molecule has 47 heavy (non-hydrogen) atoms. The maximum Gasteiger partial charge on any atom is 0.262 e. The largest absolute Gasteiger partial charge is 0.371 e. The number of piperidine rings is 2. The highest BCUT2D eigenvalue weighted by Crippen LogP contribution is 2.33. The first-order chi connectivity index (χ1) is 22.8. The number of anilines is 3. The average Bonchev–Trinajstić information content (AvgIpc) is 3.56. The summed E-state index contributed by atoms with van der Waals surface area (Å²) in [6.45, 7) is 4.69. The van der Waals surface area contributed by atoms with Crippen LogP contribution in [0, 0.1) is 5.92 Å². The van der Waals surface area contributed by atoms with E-state index in [0.29, 0.717) is 23.0 Å². The van der Waals surface area contributed by atoms with Gasteiger partial charge in [-0.1, -0.05) is 6.07 Å². The minimum absolute atomic E-state index is 0.103. The number of nitrogens with one attached hydrogen (secondary N) is 2. The lowest BCUT2D eigenvalue weighted by Gasteiger charge is -2.37. The Bertz CT molecular complexity index is 1950. The van der Waals surface area contributed by atoms with Crippen molar-refractivity contribution in [2.24, 2.45) is 13.0 Å². The quantitative estimate of drug-likeness (QED) is 0.304. The number of imide groups is 2. The zero-order chi connectivity index (χ0) is 32.2. The number of hydrogen-bond donors (Lipinski definition) is 2. The van der Waals surface area contributed by atoms with Gasteiger partial charge in [0.25, 0.3) is 11.8 Å². The van der Waals surface area contributed by atoms with Gasteiger partial charge < -0.3 is 10.2 Å². The van der Waals surface area contributed by atoms with Gasteiger partial charge in [0.05, 0.1) is 22.7 Å². The highest BCUT2D eigenvalue weighted by molar-refractivity contribution is 6.23. The zero-order valence-electron chi connectivity index (χ0n) is 26.1. The molecule has 13 nitrogen and oxygen atoms in total. The van der Waals surface area contributed by atoms with Gasteiger partial charge in [0.1, 0.15) is 6.04 Å². The summed E-state index contributed by atoms with van der Waals surface area (Å²) in [5, 5.41) is 10.8. The van der Waals surface area contributed by atoms with E-state index in [9.17, 15) is 19.2 Å². The van der Waals surface area contributed by atoms with Crippen molar-refractivity contribution in [2.75, 3.05) is 36.4 Å². The van der Waals surface area contributed by atoms with E-state index in [-0.39, 0.29) is 18.7 Å². The van der Waals surface area contributed by atoms with Crippen LogP contribution in [0.15, 0.2) is 48.8 Å². The third-order valence-corrected chi connectivity index (χ3v) is 9.95. The Labute approximate surface area is 270 Å². The van der Waals surface area contributed by atoms with Crippen molar-refractivity contribution in [1.82, 2.24) is 34.9 Å². The molecule has 4 aliphatic heterocycles. The fraction of sp³-hybridized carbons (Fsp3) is 0.382. The summed E-state index contributed by atoms with van der Waals surface area (Å²) < 4.78 is 1.74. The standard InChI is InChI=1S/C34H35N9O4/c1-40-30-23(17-36-40)16-35-34(39-30)37-24-3-2-21-10-11-41(19-22(21)14-24)18-20-8-12-42(13-9-20)25-4-5-26-27(15-25)33(47)43(32(26)46)28-6-7-29(44)38-31(28)45/h2-5,14-17,20,28H,6-13,18-19H2,1H3,(H,35,37,39)(H,38,44,45). The van der Waals surface area contributed by atoms with Crippen LogP contribution in [-0.4, -0.2) is 85.4 Å². The van der Waals surface area contributed by atoms with Crippen molar-refractivity contribution < 1.29 is 19.2 Å². The van der Waals surface area contributed by atoms with Crippen LogP contribution in [0.2, 0.25) is 0 Å². The maximum atomic E-state index is 13.3. The van der Waals surface area contributed by atoms with Crippen molar-refractivity contribution in [1.29, 1.82) is 0 Å². The predicted molar refractivity (Wildman–Crippen MR) is 173 cm³/mol. The van der Waals surface area contributed by atoms with Crippen molar-refractivity contribution in [2.45, 2.75) is 44.7 Å². The number of amides is 4. The Balaban J connectivity index is 0.878. The summed E-state index contributed by atoms with van der Waals surface area (Å²) in [5.41, 5.74) is 6.00. The summed E-state index contributed by atoms with van der Waals surface area (Å²) in [4.78, 5) is 65.3. The summed E-state index contributed by atoms with van der Waals surface area (Å²) >= 11 is 0. The van der Waals surface area contributed by atoms with Crippen LogP contribution in [0.3, 0.4) is 0 Å². The lowest BCUT2D eigenvalue weighted by Crippen LogP contribution is -2.54. The molecule has 0 spiro atoms. The van der Waals surface area contributed by atoms with E-state index >= 15 is 0 Å². The second kappa shape index (κ2) is 11.6. The second-order valence-electron chi connectivity index (χ2n) is 12.9. The number of aryl methyl sites for hydroxylation is 1. The minimum atomic E-state index is -0.958. The van der Waals surface area contributed by atoms with Crippen LogP contribution >= 0.6 is 0 Å². The summed E-state index contributed by atoms with van der Waals surface area (Å²) in [6, 6.07) is 10.9. The number of carbonyl (C=O) groups excluding carboxylic acids is 4. The van der Waals surface area contributed by atoms with Crippen molar-refractivity contribution in [3.63, 3.8) is 0 Å². The van der Waals surface area contributed by atoms with E-state index in [0.717, 1.165) is 79.3 Å². The molecule has 0 saturated carbocycles. The molecule has 2 saturated heterocycles. The Kier molecular flexibility index (Phi) is 7.20. The van der Waals surface area contributed by atoms with Crippen LogP contribution in [0.1, 0.15) is 57.5 Å². The van der Waals surface area contributed by atoms with Gasteiger partial charge in [-0.25, -0.2) is 4.98 Å². The lowest BCUT2D eigenvalue weighted by atomic mass is 9.93. The van der Waals surface area contributed by atoms with Crippen LogP contribution in [0.25, 0.3) is 11.0 Å². The van der Waals surface area contributed by atoms with Gasteiger partial charge in [0.2, 0.25) is 17.8 Å². The molecule has 2 fully saturated rings. The Morgan fingerprint density at radius 3 is 2.55 bits per heavy atom. The first-order valence-electron chi connectivity index (χ1n) is 16.2. The van der Waals surface area contributed by atoms with Gasteiger partial charge >= 0.3 is 0 Å². The smallest absolute Gasteiger partial charge is 0.262 e. The molecule has 1 atom stereocenters. The van der Waals surface area contributed by atoms with Gasteiger partial charge in [0.15, 0.2) is 5.65 Å². The van der Waals surface area contributed by atoms with Crippen molar-refractivity contribution >= 4 is 52.0 Å². The fourth-order valence-corrected chi connectivity index (χ4v) is 7.37. The Hall–Kier alpha value is -5.17. The average molecular weight is 634 g/mol. The van der Waals surface area contributed by atoms with E-state index in [1.165, 1.54) is 11.1 Å². The molecule has 2 aromatic heterocycles. The number of rotatable bonds is 6. The first kappa shape index (κ1) is 29.2. The van der Waals surface area contributed by atoms with Crippen LogP contribution in [-0.2, 0) is 29.6 Å². The first-order valence-corrected chi connectivity index (χ1v) is 16.2. The molecule has 2 aromatic carbocycles. The maximum absolute atomic E-state index is 13.3. The van der Waals surface area contributed by atoms with Crippen LogP contribution in [0.4, 0.5) is 17.3 Å². The minimum Gasteiger partial charge on any atom is -0.371 e. The lowest BCUT2D eigenvalue weighted by molar-refractivity contribution is -0.136. The topological polar surface area (TPSA) is 146 Å². The molecule has 240 valence electrons. The van der Waals surface area contributed by atoms with Gasteiger partial charge in [-0.15, -0.1) is 0 Å². The normalized spacial score (nSPS) is 20.5. The van der Waals surface area contributed by atoms with Gasteiger partial charge in [0, 0.05) is 63.8 Å². The Morgan fingerprint density at radius 1 is 0.894 bits per heavy atom. The van der Waals surface area contributed by atoms with E-state index in [1.807, 2.05) is 13.1 Å². The molecule has 4 aliphatic rings. The molecule has 4 amide bonds. The number of nitrogens with zero attached hydrogens (tertiary/aromatic N) is 7. The molecule has 2 N–H and O–H groups in total. The van der Waals surface area contributed by atoms with E-state index in [4.69, 9.17) is 0 Å². The van der Waals surface area contributed by atoms with E-state index in [2.05, 4.69) is 53.7 Å². The zero-order valence-corrected chi connectivity index (χ0v) is 26.1. The summed E-state index contributed by atoms with van der Waals surface area (Å²) in [6.07, 6.45) is 6.88. The molecule has 0 aliphatic carbocycles. The predicted octanol–water partition coefficient (Wildman–Crippen LogP) is 2.78. The molecule has 4 aromatic rings. The van der Waals surface area contributed by atoms with Gasteiger partial charge in [-0.3, -0.25) is 39.0 Å². The Morgan fingerprint density at radius 2 is 1.72 bits per heavy atom. The molecule has 13 heteroatoms. The molecule has 6 heterocycles. The second-order valence-corrected chi connectivity index (χ2v) is 12.9. The molecule has 1 unspecified atom stereocenters. The molecule has 8 rings (SSSR count). The fourth-order valence-electron chi connectivity index (χ4n) is 7.37. The highest BCUT2D eigenvalue weighted by Gasteiger charge is 2.44. The van der Waals surface area contributed by atoms with Gasteiger partial charge in [-0.05, 0) is 73.1 Å². The molecular formula is C34H35N9O4. The third-order valence-electron chi connectivity index (χ3n) is 9.95. The summed E-state index contributed by atoms with van der Waals surface area (Å²) in [5.74, 6) is -0.815. The third kappa shape index (κ3) is 5.39.